The van der Waals surface area contributed by atoms with Crippen molar-refractivity contribution in [1.29, 1.82) is 0 Å². The Morgan fingerprint density at radius 1 is 1.19 bits per heavy atom. The molecule has 0 aliphatic carbocycles. The summed E-state index contributed by atoms with van der Waals surface area (Å²) in [5.74, 6) is -0.147. The first-order chi connectivity index (χ1) is 12.6. The summed E-state index contributed by atoms with van der Waals surface area (Å²) in [7, 11) is -4.82. The number of hydrogen-bond donors (Lipinski definition) is 0. The molecule has 0 radical (unpaired) electrons. The molecular weight excluding hydrogens is 378 g/mol. The van der Waals surface area contributed by atoms with E-state index in [1.54, 1.807) is 4.31 Å². The van der Waals surface area contributed by atoms with E-state index in [0.29, 0.717) is 0 Å². The van der Waals surface area contributed by atoms with E-state index in [9.17, 15) is 13.2 Å². The molecule has 1 aromatic rings. The molecule has 7 heteroatoms. The lowest BCUT2D eigenvalue weighted by Gasteiger charge is -2.39. The Morgan fingerprint density at radius 2 is 1.85 bits per heavy atom. The van der Waals surface area contributed by atoms with Crippen LogP contribution in [0, 0.1) is 0 Å². The third-order valence-corrected chi connectivity index (χ3v) is 9.16. The number of esters is 1. The molecule has 0 aromatic heterocycles. The summed E-state index contributed by atoms with van der Waals surface area (Å²) in [4.78, 5) is 12.3. The van der Waals surface area contributed by atoms with E-state index < -0.39 is 18.1 Å². The van der Waals surface area contributed by atoms with Crippen molar-refractivity contribution in [3.63, 3.8) is 0 Å². The van der Waals surface area contributed by atoms with Crippen LogP contribution in [-0.2, 0) is 26.2 Å². The van der Waals surface area contributed by atoms with Crippen LogP contribution in [0.2, 0.25) is 25.7 Å². The van der Waals surface area contributed by atoms with Gasteiger partial charge in [0.1, 0.15) is 6.61 Å². The van der Waals surface area contributed by atoms with Crippen LogP contribution < -0.4 is 0 Å². The smallest absolute Gasteiger partial charge is 0.307 e. The van der Waals surface area contributed by atoms with Crippen LogP contribution in [0.3, 0.4) is 0 Å². The van der Waals surface area contributed by atoms with E-state index in [0.717, 1.165) is 30.9 Å². The molecule has 27 heavy (non-hydrogen) atoms. The van der Waals surface area contributed by atoms with E-state index >= 15 is 0 Å². The van der Waals surface area contributed by atoms with Gasteiger partial charge in [-0.15, -0.1) is 0 Å². The minimum atomic E-state index is -3.37. The van der Waals surface area contributed by atoms with Crippen molar-refractivity contribution in [2.45, 2.75) is 77.0 Å². The lowest BCUT2D eigenvalue weighted by atomic mass is 9.97. The molecule has 1 saturated heterocycles. The Kier molecular flexibility index (Phi) is 7.65. The van der Waals surface area contributed by atoms with Gasteiger partial charge in [0.2, 0.25) is 10.0 Å². The highest BCUT2D eigenvalue weighted by Crippen LogP contribution is 2.29. The Balaban J connectivity index is 2.01. The van der Waals surface area contributed by atoms with E-state index in [4.69, 9.17) is 4.74 Å². The van der Waals surface area contributed by atoms with Crippen molar-refractivity contribution in [2.75, 3.05) is 5.75 Å². The largest absolute Gasteiger partial charge is 0.461 e. The molecule has 0 saturated carbocycles. The van der Waals surface area contributed by atoms with Gasteiger partial charge in [-0.1, -0.05) is 56.4 Å². The third-order valence-electron chi connectivity index (χ3n) is 5.03. The summed E-state index contributed by atoms with van der Waals surface area (Å²) in [5, 5.41) is 0. The van der Waals surface area contributed by atoms with Gasteiger partial charge in [0.05, 0.1) is 12.2 Å². The van der Waals surface area contributed by atoms with Gasteiger partial charge in [0, 0.05) is 20.2 Å². The Hall–Kier alpha value is -1.18. The zero-order valence-corrected chi connectivity index (χ0v) is 18.8. The van der Waals surface area contributed by atoms with Gasteiger partial charge in [-0.25, -0.2) is 8.42 Å². The van der Waals surface area contributed by atoms with Crippen molar-refractivity contribution >= 4 is 24.1 Å². The van der Waals surface area contributed by atoms with Gasteiger partial charge in [-0.05, 0) is 31.4 Å². The number of carbonyl (C=O) groups is 1. The van der Waals surface area contributed by atoms with E-state index in [2.05, 4.69) is 19.6 Å². The Morgan fingerprint density at radius 3 is 2.48 bits per heavy atom. The minimum absolute atomic E-state index is 0.0580. The van der Waals surface area contributed by atoms with Crippen molar-refractivity contribution in [3.05, 3.63) is 35.9 Å². The van der Waals surface area contributed by atoms with Gasteiger partial charge in [0.25, 0.3) is 0 Å². The predicted octanol–water partition coefficient (Wildman–Crippen LogP) is 4.03. The molecule has 5 nitrogen and oxygen atoms in total. The van der Waals surface area contributed by atoms with Crippen LogP contribution in [0.5, 0.6) is 0 Å². The summed E-state index contributed by atoms with van der Waals surface area (Å²) in [5.41, 5.74) is 0.933. The van der Waals surface area contributed by atoms with Crippen molar-refractivity contribution in [2.24, 2.45) is 0 Å². The van der Waals surface area contributed by atoms with Gasteiger partial charge < -0.3 is 4.74 Å². The second kappa shape index (κ2) is 9.34. The van der Waals surface area contributed by atoms with E-state index in [1.165, 1.54) is 0 Å². The van der Waals surface area contributed by atoms with Crippen LogP contribution in [-0.4, -0.2) is 44.6 Å². The molecule has 1 aromatic carbocycles. The number of nitrogens with zero attached hydrogens (tertiary/aromatic N) is 1. The number of sulfonamides is 1. The zero-order chi connectivity index (χ0) is 20.1. The van der Waals surface area contributed by atoms with Crippen molar-refractivity contribution in [1.82, 2.24) is 4.31 Å². The maximum absolute atomic E-state index is 13.0. The molecule has 2 rings (SSSR count). The second-order valence-corrected chi connectivity index (χ2v) is 16.4. The highest BCUT2D eigenvalue weighted by Gasteiger charge is 2.38. The monoisotopic (exact) mass is 411 g/mol. The summed E-state index contributed by atoms with van der Waals surface area (Å²) in [6, 6.07) is 9.92. The molecule has 0 amide bonds. The van der Waals surface area contributed by atoms with Gasteiger partial charge in [-0.3, -0.25) is 4.79 Å². The van der Waals surface area contributed by atoms with Gasteiger partial charge >= 0.3 is 5.97 Å². The highest BCUT2D eigenvalue weighted by atomic mass is 32.2. The van der Waals surface area contributed by atoms with E-state index in [-0.39, 0.29) is 36.8 Å². The van der Waals surface area contributed by atoms with Crippen molar-refractivity contribution < 1.29 is 17.9 Å². The molecule has 152 valence electrons. The highest BCUT2D eigenvalue weighted by molar-refractivity contribution is 7.89. The lowest BCUT2D eigenvalue weighted by molar-refractivity contribution is -0.146. The number of benzene rings is 1. The number of piperidine rings is 1. The van der Waals surface area contributed by atoms with E-state index in [1.807, 2.05) is 37.3 Å². The molecule has 0 N–H and O–H groups in total. The van der Waals surface area contributed by atoms with Crippen LogP contribution in [0.4, 0.5) is 0 Å². The topological polar surface area (TPSA) is 63.7 Å². The average molecular weight is 412 g/mol. The normalized spacial score (nSPS) is 21.8. The summed E-state index contributed by atoms with van der Waals surface area (Å²) in [6.45, 7) is 8.72. The molecule has 2 atom stereocenters. The quantitative estimate of drug-likeness (QED) is 0.478. The molecule has 0 spiro atoms. The lowest BCUT2D eigenvalue weighted by Crippen LogP contribution is -2.50. The maximum atomic E-state index is 13.0. The number of rotatable bonds is 8. The molecule has 0 bridgehead atoms. The molecule has 1 aliphatic rings. The third kappa shape index (κ3) is 7.05. The van der Waals surface area contributed by atoms with Gasteiger partial charge in [-0.2, -0.15) is 4.31 Å². The Labute approximate surface area is 165 Å². The standard InChI is InChI=1S/C20H33NO4SSi/c1-17-9-8-12-19(21(17)26(23,24)13-14-27(2,3)4)15-20(22)25-16-18-10-6-5-7-11-18/h5-7,10-11,17,19H,8-9,12-16H2,1-4H3/t17-,19-/m0/s1. The first-order valence-electron chi connectivity index (χ1n) is 9.79. The summed E-state index contributed by atoms with van der Waals surface area (Å²) in [6.07, 6.45) is 2.64. The van der Waals surface area contributed by atoms with Crippen molar-refractivity contribution in [3.8, 4) is 0 Å². The van der Waals surface area contributed by atoms with Crippen LogP contribution in [0.25, 0.3) is 0 Å². The molecular formula is C20H33NO4SSi. The fraction of sp³-hybridized carbons (Fsp3) is 0.650. The number of carbonyl (C=O) groups excluding carboxylic acids is 1. The number of hydrogen-bond acceptors (Lipinski definition) is 4. The first kappa shape index (κ1) is 22.1. The zero-order valence-electron chi connectivity index (χ0n) is 17.0. The first-order valence-corrected chi connectivity index (χ1v) is 15.1. The van der Waals surface area contributed by atoms with Crippen LogP contribution in [0.15, 0.2) is 30.3 Å². The fourth-order valence-electron chi connectivity index (χ4n) is 3.49. The summed E-state index contributed by atoms with van der Waals surface area (Å²) >= 11 is 0. The summed E-state index contributed by atoms with van der Waals surface area (Å²) < 4.78 is 33.0. The molecule has 0 unspecified atom stereocenters. The number of ether oxygens (including phenoxy) is 1. The molecule has 1 fully saturated rings. The maximum Gasteiger partial charge on any atom is 0.307 e. The Bertz CT molecular complexity index is 715. The van der Waals surface area contributed by atoms with Crippen LogP contribution in [0.1, 0.15) is 38.2 Å². The molecule has 1 aliphatic heterocycles. The van der Waals surface area contributed by atoms with Crippen LogP contribution >= 0.6 is 0 Å². The molecule has 1 heterocycles. The predicted molar refractivity (Wildman–Crippen MR) is 112 cm³/mol. The van der Waals surface area contributed by atoms with Gasteiger partial charge in [0.15, 0.2) is 0 Å². The second-order valence-electron chi connectivity index (χ2n) is 8.74. The average Bonchev–Trinajstić information content (AvgIpc) is 2.58. The SMILES string of the molecule is C[C@H]1CCC[C@@H](CC(=O)OCc2ccccc2)N1S(=O)(=O)CC[Si](C)(C)C. The minimum Gasteiger partial charge on any atom is -0.461 e. The fourth-order valence-corrected chi connectivity index (χ4v) is 8.47.